The molecule has 1 aromatic rings. The van der Waals surface area contributed by atoms with E-state index in [1.807, 2.05) is 6.92 Å². The lowest BCUT2D eigenvalue weighted by molar-refractivity contribution is 0.0798. The zero-order valence-electron chi connectivity index (χ0n) is 13.4. The van der Waals surface area contributed by atoms with Crippen LogP contribution in [0.15, 0.2) is 23.1 Å². The lowest BCUT2D eigenvalue weighted by Crippen LogP contribution is -2.43. The van der Waals surface area contributed by atoms with Gasteiger partial charge in [0.15, 0.2) is 11.6 Å². The molecule has 0 aromatic heterocycles. The van der Waals surface area contributed by atoms with Gasteiger partial charge in [0.05, 0.1) is 4.90 Å². The first kappa shape index (κ1) is 19.8. The first-order valence-corrected chi connectivity index (χ1v) is 8.80. The summed E-state index contributed by atoms with van der Waals surface area (Å²) in [5, 5.41) is 0. The quantitative estimate of drug-likeness (QED) is 0.736. The summed E-state index contributed by atoms with van der Waals surface area (Å²) in [4.78, 5) is -0.229. The summed E-state index contributed by atoms with van der Waals surface area (Å²) in [6.45, 7) is 4.49. The van der Waals surface area contributed by atoms with Crippen molar-refractivity contribution in [2.24, 2.45) is 0 Å². The van der Waals surface area contributed by atoms with Gasteiger partial charge >= 0.3 is 0 Å². The Labute approximate surface area is 135 Å². The van der Waals surface area contributed by atoms with Gasteiger partial charge in [-0.05, 0) is 32.4 Å². The maximum atomic E-state index is 13.5. The fourth-order valence-electron chi connectivity index (χ4n) is 2.01. The highest BCUT2D eigenvalue weighted by atomic mass is 32.2. The Balaban J connectivity index is 2.97. The Bertz CT molecular complexity index is 618. The molecule has 4 nitrogen and oxygen atoms in total. The number of sulfonamides is 1. The molecule has 0 amide bonds. The van der Waals surface area contributed by atoms with E-state index >= 15 is 0 Å². The lowest BCUT2D eigenvalue weighted by Gasteiger charge is -2.26. The number of rotatable bonds is 9. The van der Waals surface area contributed by atoms with Crippen LogP contribution in [0.2, 0.25) is 0 Å². The third kappa shape index (κ3) is 6.39. The van der Waals surface area contributed by atoms with Gasteiger partial charge in [0.2, 0.25) is 10.0 Å². The van der Waals surface area contributed by atoms with Crippen LogP contribution in [-0.2, 0) is 10.0 Å². The molecule has 0 saturated heterocycles. The van der Waals surface area contributed by atoms with E-state index in [9.17, 15) is 21.6 Å². The summed E-state index contributed by atoms with van der Waals surface area (Å²) in [7, 11) is -3.91. The molecular weight excluding hydrogens is 331 g/mol. The molecular formula is C15H22F3NO3S. The molecule has 1 aromatic carbocycles. The summed E-state index contributed by atoms with van der Waals surface area (Å²) < 4.78 is 69.7. The summed E-state index contributed by atoms with van der Waals surface area (Å²) in [5.41, 5.74) is -0.673. The van der Waals surface area contributed by atoms with Gasteiger partial charge in [-0.2, -0.15) is 0 Å². The molecule has 0 aliphatic heterocycles. The number of hydrogen-bond acceptors (Lipinski definition) is 3. The van der Waals surface area contributed by atoms with Crippen LogP contribution in [-0.4, -0.2) is 27.0 Å². The Morgan fingerprint density at radius 1 is 1.30 bits per heavy atom. The van der Waals surface area contributed by atoms with Gasteiger partial charge in [0.1, 0.15) is 6.61 Å². The summed E-state index contributed by atoms with van der Waals surface area (Å²) in [6.07, 6.45) is -0.367. The highest BCUT2D eigenvalue weighted by Gasteiger charge is 2.26. The van der Waals surface area contributed by atoms with E-state index in [2.05, 4.69) is 9.46 Å². The fraction of sp³-hybridized carbons (Fsp3) is 0.600. The highest BCUT2D eigenvalue weighted by molar-refractivity contribution is 7.89. The van der Waals surface area contributed by atoms with Gasteiger partial charge in [0, 0.05) is 11.6 Å². The van der Waals surface area contributed by atoms with Gasteiger partial charge < -0.3 is 4.74 Å². The molecule has 132 valence electrons. The number of benzene rings is 1. The monoisotopic (exact) mass is 353 g/mol. The standard InChI is InChI=1S/C15H22F3NO3S/c1-4-5-8-15(2,3)19-23(20,21)11-6-7-12(16)13(9-11)22-10-14(17)18/h6-7,9,14,19H,4-5,8,10H2,1-3H3. The van der Waals surface area contributed by atoms with Crippen LogP contribution < -0.4 is 9.46 Å². The van der Waals surface area contributed by atoms with Crippen LogP contribution in [0, 0.1) is 5.82 Å². The molecule has 0 atom stereocenters. The first-order chi connectivity index (χ1) is 10.6. The summed E-state index contributed by atoms with van der Waals surface area (Å²) in [5.74, 6) is -1.41. The Kier molecular flexibility index (Phi) is 6.88. The maximum Gasteiger partial charge on any atom is 0.272 e. The van der Waals surface area contributed by atoms with Crippen molar-refractivity contribution in [2.45, 2.75) is 56.9 Å². The Morgan fingerprint density at radius 2 is 1.96 bits per heavy atom. The van der Waals surface area contributed by atoms with Crippen molar-refractivity contribution in [3.8, 4) is 5.75 Å². The van der Waals surface area contributed by atoms with Crippen molar-refractivity contribution in [3.05, 3.63) is 24.0 Å². The number of alkyl halides is 2. The van der Waals surface area contributed by atoms with Crippen molar-refractivity contribution in [2.75, 3.05) is 6.61 Å². The average molecular weight is 353 g/mol. The predicted molar refractivity (Wildman–Crippen MR) is 81.8 cm³/mol. The van der Waals surface area contributed by atoms with Crippen LogP contribution in [0.1, 0.15) is 40.0 Å². The van der Waals surface area contributed by atoms with Gasteiger partial charge in [-0.15, -0.1) is 0 Å². The van der Waals surface area contributed by atoms with Gasteiger partial charge in [0.25, 0.3) is 6.43 Å². The average Bonchev–Trinajstić information content (AvgIpc) is 2.42. The van der Waals surface area contributed by atoms with Crippen LogP contribution in [0.25, 0.3) is 0 Å². The lowest BCUT2D eigenvalue weighted by atomic mass is 9.99. The van der Waals surface area contributed by atoms with Crippen LogP contribution in [0.3, 0.4) is 0 Å². The van der Waals surface area contributed by atoms with Crippen LogP contribution >= 0.6 is 0 Å². The van der Waals surface area contributed by atoms with E-state index in [1.54, 1.807) is 13.8 Å². The molecule has 1 N–H and O–H groups in total. The summed E-state index contributed by atoms with van der Waals surface area (Å²) in [6, 6.07) is 2.87. The van der Waals surface area contributed by atoms with Crippen molar-refractivity contribution in [3.63, 3.8) is 0 Å². The number of ether oxygens (including phenoxy) is 1. The zero-order valence-corrected chi connectivity index (χ0v) is 14.2. The molecule has 0 aliphatic carbocycles. The zero-order chi connectivity index (χ0) is 17.7. The Hall–Kier alpha value is -1.28. The molecule has 0 heterocycles. The van der Waals surface area contributed by atoms with E-state index in [0.717, 1.165) is 31.0 Å². The predicted octanol–water partition coefficient (Wildman–Crippen LogP) is 3.72. The minimum Gasteiger partial charge on any atom is -0.485 e. The van der Waals surface area contributed by atoms with Crippen molar-refractivity contribution < 1.29 is 26.3 Å². The van der Waals surface area contributed by atoms with E-state index in [0.29, 0.717) is 6.42 Å². The minimum absolute atomic E-state index is 0.229. The molecule has 1 rings (SSSR count). The van der Waals surface area contributed by atoms with Gasteiger partial charge in [-0.25, -0.2) is 26.3 Å². The number of nitrogens with one attached hydrogen (secondary N) is 1. The second-order valence-corrected chi connectivity index (χ2v) is 7.57. The van der Waals surface area contributed by atoms with E-state index in [-0.39, 0.29) is 4.90 Å². The first-order valence-electron chi connectivity index (χ1n) is 7.32. The molecule has 0 fully saturated rings. The smallest absolute Gasteiger partial charge is 0.272 e. The third-order valence-electron chi connectivity index (χ3n) is 3.14. The molecule has 0 radical (unpaired) electrons. The molecule has 0 aliphatic rings. The highest BCUT2D eigenvalue weighted by Crippen LogP contribution is 2.24. The second kappa shape index (κ2) is 8.01. The van der Waals surface area contributed by atoms with Crippen molar-refractivity contribution in [1.82, 2.24) is 4.72 Å². The number of halogens is 3. The molecule has 0 unspecified atom stereocenters. The molecule has 0 bridgehead atoms. The van der Waals surface area contributed by atoms with Gasteiger partial charge in [-0.3, -0.25) is 0 Å². The molecule has 23 heavy (non-hydrogen) atoms. The van der Waals surface area contributed by atoms with Crippen LogP contribution in [0.5, 0.6) is 5.75 Å². The van der Waals surface area contributed by atoms with Crippen LogP contribution in [0.4, 0.5) is 13.2 Å². The summed E-state index contributed by atoms with van der Waals surface area (Å²) >= 11 is 0. The fourth-order valence-corrected chi connectivity index (χ4v) is 3.46. The number of unbranched alkanes of at least 4 members (excludes halogenated alkanes) is 1. The second-order valence-electron chi connectivity index (χ2n) is 5.89. The topological polar surface area (TPSA) is 55.4 Å². The van der Waals surface area contributed by atoms with E-state index in [1.165, 1.54) is 0 Å². The maximum absolute atomic E-state index is 13.5. The third-order valence-corrected chi connectivity index (χ3v) is 4.84. The molecule has 0 saturated carbocycles. The van der Waals surface area contributed by atoms with E-state index in [4.69, 9.17) is 0 Å². The molecule has 8 heteroatoms. The Morgan fingerprint density at radius 3 is 2.52 bits per heavy atom. The van der Waals surface area contributed by atoms with Gasteiger partial charge in [-0.1, -0.05) is 19.8 Å². The molecule has 0 spiro atoms. The minimum atomic E-state index is -3.91. The normalized spacial score (nSPS) is 12.7. The SMILES string of the molecule is CCCCC(C)(C)NS(=O)(=O)c1ccc(F)c(OCC(F)F)c1. The van der Waals surface area contributed by atoms with Crippen molar-refractivity contribution in [1.29, 1.82) is 0 Å². The van der Waals surface area contributed by atoms with E-state index < -0.39 is 40.2 Å². The number of hydrogen-bond donors (Lipinski definition) is 1. The van der Waals surface area contributed by atoms with Crippen molar-refractivity contribution >= 4 is 10.0 Å². The largest absolute Gasteiger partial charge is 0.485 e.